The van der Waals surface area contributed by atoms with E-state index in [4.69, 9.17) is 0 Å². The van der Waals surface area contributed by atoms with Crippen LogP contribution in [0.5, 0.6) is 0 Å². The summed E-state index contributed by atoms with van der Waals surface area (Å²) in [5.74, 6) is 0.702. The second kappa shape index (κ2) is 4.65. The molecule has 0 unspecified atom stereocenters. The first-order valence-corrected chi connectivity index (χ1v) is 6.21. The topological polar surface area (TPSA) is 58.6 Å². The van der Waals surface area contributed by atoms with E-state index < -0.39 is 0 Å². The standard InChI is InChI=1S/C15H13N3O/c1-2-14-17-13(8-15(19)18-14)12-5-3-4-10-9-16-7-6-11(10)12/h3-9H,2H2,1H3,(H,17,18,19). The summed E-state index contributed by atoms with van der Waals surface area (Å²) < 4.78 is 0. The maximum atomic E-state index is 11.7. The lowest BCUT2D eigenvalue weighted by atomic mass is 10.0. The second-order valence-electron chi connectivity index (χ2n) is 4.33. The number of rotatable bonds is 2. The van der Waals surface area contributed by atoms with Gasteiger partial charge in [0.25, 0.3) is 5.56 Å². The molecule has 0 aliphatic carbocycles. The van der Waals surface area contributed by atoms with E-state index in [9.17, 15) is 4.79 Å². The number of aromatic amines is 1. The van der Waals surface area contributed by atoms with Gasteiger partial charge in [-0.25, -0.2) is 4.98 Å². The molecule has 4 nitrogen and oxygen atoms in total. The Labute approximate surface area is 110 Å². The minimum Gasteiger partial charge on any atom is -0.311 e. The lowest BCUT2D eigenvalue weighted by molar-refractivity contribution is 0.924. The molecule has 0 amide bonds. The Kier molecular flexibility index (Phi) is 2.83. The molecule has 0 aliphatic heterocycles. The summed E-state index contributed by atoms with van der Waals surface area (Å²) in [6, 6.07) is 9.41. The number of nitrogens with one attached hydrogen (secondary N) is 1. The molecule has 0 radical (unpaired) electrons. The third kappa shape index (κ3) is 2.12. The van der Waals surface area contributed by atoms with Crippen molar-refractivity contribution in [1.29, 1.82) is 0 Å². The van der Waals surface area contributed by atoms with E-state index in [-0.39, 0.29) is 5.56 Å². The molecule has 0 aliphatic rings. The van der Waals surface area contributed by atoms with Gasteiger partial charge in [-0.05, 0) is 11.5 Å². The van der Waals surface area contributed by atoms with Gasteiger partial charge in [-0.15, -0.1) is 0 Å². The first-order chi connectivity index (χ1) is 9.28. The molecule has 19 heavy (non-hydrogen) atoms. The van der Waals surface area contributed by atoms with Crippen LogP contribution in [-0.2, 0) is 6.42 Å². The minimum absolute atomic E-state index is 0.118. The van der Waals surface area contributed by atoms with Crippen molar-refractivity contribution >= 4 is 10.8 Å². The van der Waals surface area contributed by atoms with Gasteiger partial charge in [-0.1, -0.05) is 25.1 Å². The summed E-state index contributed by atoms with van der Waals surface area (Å²) in [4.78, 5) is 23.0. The van der Waals surface area contributed by atoms with Gasteiger partial charge in [-0.3, -0.25) is 9.78 Å². The molecule has 1 N–H and O–H groups in total. The molecule has 1 aromatic carbocycles. The van der Waals surface area contributed by atoms with Crippen LogP contribution in [0.2, 0.25) is 0 Å². The molecule has 94 valence electrons. The average Bonchev–Trinajstić information content (AvgIpc) is 2.46. The van der Waals surface area contributed by atoms with Crippen LogP contribution in [0.15, 0.2) is 47.5 Å². The monoisotopic (exact) mass is 251 g/mol. The number of benzene rings is 1. The number of hydrogen-bond donors (Lipinski definition) is 1. The molecule has 2 aromatic heterocycles. The second-order valence-corrected chi connectivity index (χ2v) is 4.33. The predicted molar refractivity (Wildman–Crippen MR) is 75.0 cm³/mol. The Hall–Kier alpha value is -2.49. The van der Waals surface area contributed by atoms with Crippen LogP contribution >= 0.6 is 0 Å². The SMILES string of the molecule is CCc1nc(-c2cccc3cnccc23)cc(=O)[nH]1. The van der Waals surface area contributed by atoms with Crippen molar-refractivity contribution in [3.8, 4) is 11.3 Å². The van der Waals surface area contributed by atoms with E-state index in [1.54, 1.807) is 6.20 Å². The van der Waals surface area contributed by atoms with Gasteiger partial charge in [0.05, 0.1) is 5.69 Å². The Morgan fingerprint density at radius 3 is 3.00 bits per heavy atom. The van der Waals surface area contributed by atoms with Crippen LogP contribution in [0.1, 0.15) is 12.7 Å². The molecule has 2 heterocycles. The quantitative estimate of drug-likeness (QED) is 0.761. The third-order valence-corrected chi connectivity index (χ3v) is 3.08. The first kappa shape index (κ1) is 11.6. The number of fused-ring (bicyclic) bond motifs is 1. The van der Waals surface area contributed by atoms with E-state index >= 15 is 0 Å². The molecule has 3 rings (SSSR count). The molecule has 0 saturated heterocycles. The molecule has 0 spiro atoms. The van der Waals surface area contributed by atoms with Crippen LogP contribution < -0.4 is 5.56 Å². The highest BCUT2D eigenvalue weighted by atomic mass is 16.1. The Morgan fingerprint density at radius 1 is 1.26 bits per heavy atom. The summed E-state index contributed by atoms with van der Waals surface area (Å²) >= 11 is 0. The van der Waals surface area contributed by atoms with Gasteiger partial charge in [0.2, 0.25) is 0 Å². The largest absolute Gasteiger partial charge is 0.311 e. The molecule has 3 aromatic rings. The number of H-pyrrole nitrogens is 1. The highest BCUT2D eigenvalue weighted by Crippen LogP contribution is 2.25. The fraction of sp³-hybridized carbons (Fsp3) is 0.133. The minimum atomic E-state index is -0.118. The van der Waals surface area contributed by atoms with Crippen molar-refractivity contribution in [2.24, 2.45) is 0 Å². The van der Waals surface area contributed by atoms with Crippen molar-refractivity contribution in [2.45, 2.75) is 13.3 Å². The van der Waals surface area contributed by atoms with Crippen molar-refractivity contribution in [2.75, 3.05) is 0 Å². The lowest BCUT2D eigenvalue weighted by Gasteiger charge is -2.06. The van der Waals surface area contributed by atoms with Gasteiger partial charge in [0, 0.05) is 35.8 Å². The zero-order valence-electron chi connectivity index (χ0n) is 10.6. The number of aryl methyl sites for hydroxylation is 1. The first-order valence-electron chi connectivity index (χ1n) is 6.21. The van der Waals surface area contributed by atoms with E-state index in [0.29, 0.717) is 17.9 Å². The zero-order chi connectivity index (χ0) is 13.2. The van der Waals surface area contributed by atoms with Crippen LogP contribution in [0.25, 0.3) is 22.0 Å². The van der Waals surface area contributed by atoms with E-state index in [1.165, 1.54) is 6.07 Å². The van der Waals surface area contributed by atoms with Crippen LogP contribution in [0.3, 0.4) is 0 Å². The van der Waals surface area contributed by atoms with Gasteiger partial charge in [0.15, 0.2) is 0 Å². The number of hydrogen-bond acceptors (Lipinski definition) is 3. The van der Waals surface area contributed by atoms with Crippen molar-refractivity contribution in [3.05, 3.63) is 58.9 Å². The summed E-state index contributed by atoms with van der Waals surface area (Å²) in [5.41, 5.74) is 1.55. The van der Waals surface area contributed by atoms with Crippen LogP contribution in [0, 0.1) is 0 Å². The van der Waals surface area contributed by atoms with Crippen molar-refractivity contribution < 1.29 is 0 Å². The Balaban J connectivity index is 2.30. The van der Waals surface area contributed by atoms with Crippen molar-refractivity contribution in [1.82, 2.24) is 15.0 Å². The fourth-order valence-corrected chi connectivity index (χ4v) is 2.16. The molecular weight excluding hydrogens is 238 g/mol. The maximum absolute atomic E-state index is 11.7. The van der Waals surface area contributed by atoms with Gasteiger partial charge >= 0.3 is 0 Å². The van der Waals surface area contributed by atoms with E-state index in [2.05, 4.69) is 15.0 Å². The highest BCUT2D eigenvalue weighted by Gasteiger charge is 2.07. The summed E-state index contributed by atoms with van der Waals surface area (Å²) in [6.07, 6.45) is 4.27. The van der Waals surface area contributed by atoms with Gasteiger partial charge < -0.3 is 4.98 Å². The van der Waals surface area contributed by atoms with Crippen LogP contribution in [0.4, 0.5) is 0 Å². The smallest absolute Gasteiger partial charge is 0.251 e. The molecule has 0 saturated carbocycles. The summed E-state index contributed by atoms with van der Waals surface area (Å²) in [6.45, 7) is 1.97. The van der Waals surface area contributed by atoms with E-state index in [1.807, 2.05) is 37.4 Å². The Bertz CT molecular complexity index is 787. The molecule has 4 heteroatoms. The number of nitrogens with zero attached hydrogens (tertiary/aromatic N) is 2. The number of aromatic nitrogens is 3. The van der Waals surface area contributed by atoms with Gasteiger partial charge in [0.1, 0.15) is 5.82 Å². The maximum Gasteiger partial charge on any atom is 0.251 e. The van der Waals surface area contributed by atoms with Crippen molar-refractivity contribution in [3.63, 3.8) is 0 Å². The summed E-state index contributed by atoms with van der Waals surface area (Å²) in [5, 5.41) is 2.10. The number of pyridine rings is 1. The molecular formula is C15H13N3O. The molecule has 0 bridgehead atoms. The molecule has 0 atom stereocenters. The summed E-state index contributed by atoms with van der Waals surface area (Å²) in [7, 11) is 0. The Morgan fingerprint density at radius 2 is 2.16 bits per heavy atom. The average molecular weight is 251 g/mol. The van der Waals surface area contributed by atoms with Gasteiger partial charge in [-0.2, -0.15) is 0 Å². The lowest BCUT2D eigenvalue weighted by Crippen LogP contribution is -2.10. The molecule has 0 fully saturated rings. The van der Waals surface area contributed by atoms with Crippen LogP contribution in [-0.4, -0.2) is 15.0 Å². The third-order valence-electron chi connectivity index (χ3n) is 3.08. The highest BCUT2D eigenvalue weighted by molar-refractivity contribution is 5.95. The van der Waals surface area contributed by atoms with E-state index in [0.717, 1.165) is 16.3 Å². The fourth-order valence-electron chi connectivity index (χ4n) is 2.16. The normalized spacial score (nSPS) is 10.8. The zero-order valence-corrected chi connectivity index (χ0v) is 10.6. The predicted octanol–water partition coefficient (Wildman–Crippen LogP) is 2.55.